The van der Waals surface area contributed by atoms with Crippen LogP contribution in [0.4, 0.5) is 5.69 Å². The molecular weight excluding hydrogens is 378 g/mol. The van der Waals surface area contributed by atoms with Gasteiger partial charge in [-0.25, -0.2) is 0 Å². The van der Waals surface area contributed by atoms with E-state index in [4.69, 9.17) is 9.26 Å². The topological polar surface area (TPSA) is 77.2 Å². The maximum atomic E-state index is 12.4. The van der Waals surface area contributed by atoms with Crippen molar-refractivity contribution in [3.63, 3.8) is 0 Å². The number of nitrogens with zero attached hydrogens (tertiary/aromatic N) is 2. The molecule has 0 aliphatic heterocycles. The van der Waals surface area contributed by atoms with Gasteiger partial charge in [-0.15, -0.1) is 0 Å². The molecule has 0 spiro atoms. The zero-order valence-electron chi connectivity index (χ0n) is 16.5. The lowest BCUT2D eigenvalue weighted by Gasteiger charge is -2.10. The van der Waals surface area contributed by atoms with Crippen molar-refractivity contribution < 1.29 is 14.1 Å². The molecule has 6 nitrogen and oxygen atoms in total. The average molecular weight is 399 g/mol. The van der Waals surface area contributed by atoms with E-state index in [1.54, 1.807) is 6.07 Å². The van der Waals surface area contributed by atoms with E-state index < -0.39 is 0 Å². The summed E-state index contributed by atoms with van der Waals surface area (Å²) >= 11 is 0. The van der Waals surface area contributed by atoms with Gasteiger partial charge in [-0.1, -0.05) is 59.8 Å². The van der Waals surface area contributed by atoms with Crippen molar-refractivity contribution in [1.82, 2.24) is 10.1 Å². The molecule has 0 atom stereocenters. The number of aromatic nitrogens is 2. The third-order valence-corrected chi connectivity index (χ3v) is 4.46. The molecule has 0 unspecified atom stereocenters. The third-order valence-electron chi connectivity index (χ3n) is 4.46. The fraction of sp³-hybridized carbons (Fsp3) is 0.125. The van der Waals surface area contributed by atoms with Gasteiger partial charge in [0.15, 0.2) is 12.4 Å². The molecule has 0 fully saturated rings. The number of anilines is 1. The van der Waals surface area contributed by atoms with E-state index >= 15 is 0 Å². The predicted molar refractivity (Wildman–Crippen MR) is 114 cm³/mol. The maximum absolute atomic E-state index is 12.4. The summed E-state index contributed by atoms with van der Waals surface area (Å²) in [5, 5.41) is 6.93. The van der Waals surface area contributed by atoms with Crippen LogP contribution in [0.25, 0.3) is 11.5 Å². The molecule has 0 saturated carbocycles. The molecule has 0 aliphatic carbocycles. The number of nitrogens with one attached hydrogen (secondary N) is 1. The summed E-state index contributed by atoms with van der Waals surface area (Å²) in [6, 6.07) is 24.8. The van der Waals surface area contributed by atoms with Crippen molar-refractivity contribution >= 4 is 11.6 Å². The summed E-state index contributed by atoms with van der Waals surface area (Å²) < 4.78 is 11.0. The summed E-state index contributed by atoms with van der Waals surface area (Å²) in [6.07, 6.45) is 0.573. The van der Waals surface area contributed by atoms with E-state index in [1.807, 2.05) is 79.7 Å². The van der Waals surface area contributed by atoms with Crippen LogP contribution in [0, 0.1) is 6.92 Å². The Balaban J connectivity index is 1.44. The molecule has 0 aliphatic rings. The first-order chi connectivity index (χ1) is 14.7. The Kier molecular flexibility index (Phi) is 5.85. The summed E-state index contributed by atoms with van der Waals surface area (Å²) in [5.74, 6) is 1.32. The molecule has 3 aromatic carbocycles. The predicted octanol–water partition coefficient (Wildman–Crippen LogP) is 4.65. The molecule has 1 N–H and O–H groups in total. The van der Waals surface area contributed by atoms with Crippen LogP contribution < -0.4 is 10.1 Å². The van der Waals surface area contributed by atoms with Crippen molar-refractivity contribution in [2.45, 2.75) is 13.3 Å². The zero-order chi connectivity index (χ0) is 20.8. The van der Waals surface area contributed by atoms with E-state index in [2.05, 4.69) is 15.5 Å². The second-order valence-electron chi connectivity index (χ2n) is 6.88. The van der Waals surface area contributed by atoms with Crippen molar-refractivity contribution in [1.29, 1.82) is 0 Å². The number of carbonyl (C=O) groups excluding carboxylic acids is 1. The molecule has 0 bridgehead atoms. The number of amides is 1. The van der Waals surface area contributed by atoms with Gasteiger partial charge >= 0.3 is 0 Å². The SMILES string of the molecule is Cc1cccc(OCC(=O)Nc2ccccc2-c2nc(Cc3ccccc3)no2)c1. The molecule has 4 aromatic rings. The average Bonchev–Trinajstić information content (AvgIpc) is 3.22. The lowest BCUT2D eigenvalue weighted by molar-refractivity contribution is -0.118. The fourth-order valence-corrected chi connectivity index (χ4v) is 3.03. The highest BCUT2D eigenvalue weighted by molar-refractivity contribution is 5.95. The minimum Gasteiger partial charge on any atom is -0.484 e. The van der Waals surface area contributed by atoms with Gasteiger partial charge in [0, 0.05) is 6.42 Å². The number of benzene rings is 3. The Hall–Kier alpha value is -3.93. The highest BCUT2D eigenvalue weighted by atomic mass is 16.5. The van der Waals surface area contributed by atoms with Gasteiger partial charge in [-0.05, 0) is 42.3 Å². The van der Waals surface area contributed by atoms with E-state index in [1.165, 1.54) is 0 Å². The van der Waals surface area contributed by atoms with E-state index in [0.29, 0.717) is 35.1 Å². The van der Waals surface area contributed by atoms with E-state index in [0.717, 1.165) is 11.1 Å². The highest BCUT2D eigenvalue weighted by Crippen LogP contribution is 2.26. The molecule has 6 heteroatoms. The Labute approximate surface area is 174 Å². The van der Waals surface area contributed by atoms with Gasteiger partial charge in [0.05, 0.1) is 11.3 Å². The Morgan fingerprint density at radius 1 is 1.00 bits per heavy atom. The minimum atomic E-state index is -0.270. The molecule has 1 heterocycles. The number of para-hydroxylation sites is 1. The van der Waals surface area contributed by atoms with Crippen LogP contribution in [0.5, 0.6) is 5.75 Å². The molecule has 1 aromatic heterocycles. The van der Waals surface area contributed by atoms with Gasteiger partial charge in [-0.2, -0.15) is 4.98 Å². The second kappa shape index (κ2) is 9.05. The lowest BCUT2D eigenvalue weighted by Crippen LogP contribution is -2.20. The summed E-state index contributed by atoms with van der Waals surface area (Å²) in [6.45, 7) is 1.88. The van der Waals surface area contributed by atoms with Crippen molar-refractivity contribution in [3.05, 3.63) is 95.8 Å². The van der Waals surface area contributed by atoms with Gasteiger partial charge < -0.3 is 14.6 Å². The largest absolute Gasteiger partial charge is 0.484 e. The first-order valence-electron chi connectivity index (χ1n) is 9.62. The quantitative estimate of drug-likeness (QED) is 0.489. The third kappa shape index (κ3) is 4.91. The van der Waals surface area contributed by atoms with Crippen molar-refractivity contribution in [2.24, 2.45) is 0 Å². The molecular formula is C24H21N3O3. The second-order valence-corrected chi connectivity index (χ2v) is 6.88. The molecule has 0 radical (unpaired) electrons. The van der Waals surface area contributed by atoms with Crippen LogP contribution in [0.2, 0.25) is 0 Å². The number of aryl methyl sites for hydroxylation is 1. The van der Waals surface area contributed by atoms with Crippen LogP contribution >= 0.6 is 0 Å². The molecule has 150 valence electrons. The molecule has 4 rings (SSSR count). The summed E-state index contributed by atoms with van der Waals surface area (Å²) in [5.41, 5.74) is 3.42. The monoisotopic (exact) mass is 399 g/mol. The van der Waals surface area contributed by atoms with Crippen LogP contribution in [0.3, 0.4) is 0 Å². The smallest absolute Gasteiger partial charge is 0.262 e. The molecule has 1 amide bonds. The van der Waals surface area contributed by atoms with Gasteiger partial charge in [-0.3, -0.25) is 4.79 Å². The van der Waals surface area contributed by atoms with Gasteiger partial charge in [0.2, 0.25) is 0 Å². The fourth-order valence-electron chi connectivity index (χ4n) is 3.03. The number of carbonyl (C=O) groups is 1. The first-order valence-corrected chi connectivity index (χ1v) is 9.62. The van der Waals surface area contributed by atoms with Crippen LogP contribution in [-0.2, 0) is 11.2 Å². The highest BCUT2D eigenvalue weighted by Gasteiger charge is 2.15. The lowest BCUT2D eigenvalue weighted by atomic mass is 10.1. The van der Waals surface area contributed by atoms with Crippen molar-refractivity contribution in [3.8, 4) is 17.2 Å². The Bertz CT molecular complexity index is 1140. The molecule has 0 saturated heterocycles. The normalized spacial score (nSPS) is 10.6. The number of rotatable bonds is 7. The molecule has 30 heavy (non-hydrogen) atoms. The minimum absolute atomic E-state index is 0.0964. The number of hydrogen-bond acceptors (Lipinski definition) is 5. The summed E-state index contributed by atoms with van der Waals surface area (Å²) in [4.78, 5) is 16.9. The van der Waals surface area contributed by atoms with Crippen LogP contribution in [-0.4, -0.2) is 22.7 Å². The van der Waals surface area contributed by atoms with Gasteiger partial charge in [0.1, 0.15) is 5.75 Å². The standard InChI is InChI=1S/C24H21N3O3/c1-17-8-7-11-19(14-17)29-16-23(28)25-21-13-6-5-12-20(21)24-26-22(27-30-24)15-18-9-3-2-4-10-18/h2-14H,15-16H2,1H3,(H,25,28). The Morgan fingerprint density at radius 3 is 2.63 bits per heavy atom. The van der Waals surface area contributed by atoms with Gasteiger partial charge in [0.25, 0.3) is 11.8 Å². The van der Waals surface area contributed by atoms with Crippen LogP contribution in [0.1, 0.15) is 17.0 Å². The van der Waals surface area contributed by atoms with Crippen LogP contribution in [0.15, 0.2) is 83.4 Å². The summed E-state index contributed by atoms with van der Waals surface area (Å²) in [7, 11) is 0. The Morgan fingerprint density at radius 2 is 1.80 bits per heavy atom. The zero-order valence-corrected chi connectivity index (χ0v) is 16.5. The van der Waals surface area contributed by atoms with Crippen molar-refractivity contribution in [2.75, 3.05) is 11.9 Å². The number of hydrogen-bond donors (Lipinski definition) is 1. The first kappa shape index (κ1) is 19.4. The maximum Gasteiger partial charge on any atom is 0.262 e. The number of ether oxygens (including phenoxy) is 1. The van der Waals surface area contributed by atoms with E-state index in [9.17, 15) is 4.79 Å². The van der Waals surface area contributed by atoms with E-state index in [-0.39, 0.29) is 12.5 Å².